The van der Waals surface area contributed by atoms with Crippen molar-refractivity contribution in [3.63, 3.8) is 0 Å². The van der Waals surface area contributed by atoms with Gasteiger partial charge in [-0.3, -0.25) is 0 Å². The van der Waals surface area contributed by atoms with Gasteiger partial charge < -0.3 is 10.8 Å². The summed E-state index contributed by atoms with van der Waals surface area (Å²) in [5.41, 5.74) is 7.81. The van der Waals surface area contributed by atoms with Crippen molar-refractivity contribution in [2.45, 2.75) is 59.1 Å². The van der Waals surface area contributed by atoms with E-state index in [4.69, 9.17) is 5.73 Å². The number of aliphatic hydroxyl groups is 1. The number of hydrogen-bond donors (Lipinski definition) is 2. The van der Waals surface area contributed by atoms with E-state index in [0.717, 1.165) is 24.0 Å². The highest BCUT2D eigenvalue weighted by atomic mass is 16.3. The van der Waals surface area contributed by atoms with Gasteiger partial charge >= 0.3 is 0 Å². The Morgan fingerprint density at radius 3 is 1.95 bits per heavy atom. The van der Waals surface area contributed by atoms with Gasteiger partial charge in [-0.1, -0.05) is 52.0 Å². The fourth-order valence-corrected chi connectivity index (χ4v) is 2.98. The maximum absolute atomic E-state index is 11.1. The highest BCUT2D eigenvalue weighted by Crippen LogP contribution is 2.36. The third kappa shape index (κ3) is 4.32. The van der Waals surface area contributed by atoms with Gasteiger partial charge in [0, 0.05) is 0 Å². The topological polar surface area (TPSA) is 46.2 Å². The first-order chi connectivity index (χ1) is 8.76. The van der Waals surface area contributed by atoms with Crippen molar-refractivity contribution >= 4 is 0 Å². The maximum Gasteiger partial charge on any atom is 0.0844 e. The number of aryl methyl sites for hydroxylation is 1. The Kier molecular flexibility index (Phi) is 5.57. The zero-order valence-electron chi connectivity index (χ0n) is 13.0. The molecule has 0 fully saturated rings. The van der Waals surface area contributed by atoms with E-state index < -0.39 is 5.60 Å². The minimum absolute atomic E-state index is 0.321. The van der Waals surface area contributed by atoms with Gasteiger partial charge in [-0.15, -0.1) is 0 Å². The fraction of sp³-hybridized carbons (Fsp3) is 0.647. The third-order valence-corrected chi connectivity index (χ3v) is 3.63. The van der Waals surface area contributed by atoms with Crippen LogP contribution in [0.3, 0.4) is 0 Å². The molecule has 1 aromatic carbocycles. The van der Waals surface area contributed by atoms with Gasteiger partial charge in [0.05, 0.1) is 11.6 Å². The summed E-state index contributed by atoms with van der Waals surface area (Å²) in [6.45, 7) is 10.6. The molecule has 1 atom stereocenters. The molecule has 0 heterocycles. The number of rotatable bonds is 6. The molecule has 0 spiro atoms. The van der Waals surface area contributed by atoms with Gasteiger partial charge in [0.1, 0.15) is 0 Å². The second-order valence-corrected chi connectivity index (χ2v) is 6.63. The van der Waals surface area contributed by atoms with Gasteiger partial charge in [0.15, 0.2) is 0 Å². The van der Waals surface area contributed by atoms with Crippen LogP contribution in [0.15, 0.2) is 24.3 Å². The van der Waals surface area contributed by atoms with Crippen LogP contribution in [-0.4, -0.2) is 10.7 Å². The molecule has 2 nitrogen and oxygen atoms in total. The van der Waals surface area contributed by atoms with E-state index in [9.17, 15) is 5.11 Å². The lowest BCUT2D eigenvalue weighted by atomic mass is 9.76. The first kappa shape index (κ1) is 16.2. The van der Waals surface area contributed by atoms with Gasteiger partial charge in [0.25, 0.3) is 0 Å². The minimum atomic E-state index is -0.825. The van der Waals surface area contributed by atoms with Gasteiger partial charge in [-0.2, -0.15) is 0 Å². The summed E-state index contributed by atoms with van der Waals surface area (Å²) in [5, 5.41) is 11.1. The van der Waals surface area contributed by atoms with Gasteiger partial charge in [-0.25, -0.2) is 0 Å². The van der Waals surface area contributed by atoms with E-state index in [0.29, 0.717) is 11.8 Å². The van der Waals surface area contributed by atoms with E-state index in [-0.39, 0.29) is 6.04 Å². The Hall–Kier alpha value is -0.860. The summed E-state index contributed by atoms with van der Waals surface area (Å²) in [7, 11) is 0. The van der Waals surface area contributed by atoms with Crippen molar-refractivity contribution in [3.8, 4) is 0 Å². The molecule has 1 aromatic rings. The number of benzene rings is 1. The first-order valence-electron chi connectivity index (χ1n) is 7.29. The third-order valence-electron chi connectivity index (χ3n) is 3.63. The molecular weight excluding hydrogens is 234 g/mol. The van der Waals surface area contributed by atoms with Crippen molar-refractivity contribution in [1.82, 2.24) is 0 Å². The van der Waals surface area contributed by atoms with E-state index in [1.807, 2.05) is 18.2 Å². The van der Waals surface area contributed by atoms with Gasteiger partial charge in [0.2, 0.25) is 0 Å². The van der Waals surface area contributed by atoms with Crippen LogP contribution in [0.4, 0.5) is 0 Å². The number of nitrogens with two attached hydrogens (primary N) is 1. The number of hydrogen-bond acceptors (Lipinski definition) is 2. The largest absolute Gasteiger partial charge is 0.388 e. The Bertz CT molecular complexity index is 388. The predicted octanol–water partition coefficient (Wildman–Crippen LogP) is 3.82. The zero-order chi connectivity index (χ0) is 14.6. The normalized spacial score (nSPS) is 14.2. The molecule has 0 aliphatic heterocycles. The second kappa shape index (κ2) is 6.53. The lowest BCUT2D eigenvalue weighted by Crippen LogP contribution is -2.43. The van der Waals surface area contributed by atoms with Gasteiger partial charge in [-0.05, 0) is 42.7 Å². The van der Waals surface area contributed by atoms with Crippen molar-refractivity contribution < 1.29 is 5.11 Å². The molecule has 0 amide bonds. The quantitative estimate of drug-likeness (QED) is 0.819. The van der Waals surface area contributed by atoms with Crippen molar-refractivity contribution in [2.24, 2.45) is 17.6 Å². The molecule has 3 N–H and O–H groups in total. The molecule has 108 valence electrons. The molecule has 19 heavy (non-hydrogen) atoms. The summed E-state index contributed by atoms with van der Waals surface area (Å²) in [6.07, 6.45) is 1.47. The van der Waals surface area contributed by atoms with Crippen molar-refractivity contribution in [1.29, 1.82) is 0 Å². The molecule has 0 aliphatic rings. The minimum Gasteiger partial charge on any atom is -0.388 e. The second-order valence-electron chi connectivity index (χ2n) is 6.63. The molecule has 0 bridgehead atoms. The molecule has 1 rings (SSSR count). The van der Waals surface area contributed by atoms with E-state index in [1.165, 1.54) is 0 Å². The van der Waals surface area contributed by atoms with Crippen LogP contribution in [0.5, 0.6) is 0 Å². The van der Waals surface area contributed by atoms with E-state index in [1.54, 1.807) is 0 Å². The lowest BCUT2D eigenvalue weighted by molar-refractivity contribution is -0.0239. The highest BCUT2D eigenvalue weighted by Gasteiger charge is 2.37. The summed E-state index contributed by atoms with van der Waals surface area (Å²) < 4.78 is 0. The smallest absolute Gasteiger partial charge is 0.0844 e. The van der Waals surface area contributed by atoms with Crippen molar-refractivity contribution in [3.05, 3.63) is 35.4 Å². The summed E-state index contributed by atoms with van der Waals surface area (Å²) >= 11 is 0. The standard InChI is InChI=1S/C17H29NO/c1-12(2)10-17(19,11-13(3)4)16(18)15-9-7-6-8-14(15)5/h6-9,12-13,16,19H,10-11,18H2,1-5H3. The van der Waals surface area contributed by atoms with Crippen molar-refractivity contribution in [2.75, 3.05) is 0 Å². The Balaban J connectivity index is 3.06. The van der Waals surface area contributed by atoms with E-state index >= 15 is 0 Å². The Labute approximate surface area is 118 Å². The van der Waals surface area contributed by atoms with Crippen LogP contribution in [0, 0.1) is 18.8 Å². The van der Waals surface area contributed by atoms with Crippen LogP contribution in [-0.2, 0) is 0 Å². The molecular formula is C17H29NO. The first-order valence-corrected chi connectivity index (χ1v) is 7.29. The SMILES string of the molecule is Cc1ccccc1C(N)C(O)(CC(C)C)CC(C)C. The fourth-order valence-electron chi connectivity index (χ4n) is 2.98. The summed E-state index contributed by atoms with van der Waals surface area (Å²) in [4.78, 5) is 0. The molecule has 0 aliphatic carbocycles. The molecule has 0 saturated heterocycles. The van der Waals surface area contributed by atoms with Crippen LogP contribution < -0.4 is 5.73 Å². The average Bonchev–Trinajstić information content (AvgIpc) is 2.26. The van der Waals surface area contributed by atoms with Crippen LogP contribution in [0.2, 0.25) is 0 Å². The Morgan fingerprint density at radius 2 is 1.53 bits per heavy atom. The summed E-state index contributed by atoms with van der Waals surface area (Å²) in [5.74, 6) is 0.859. The lowest BCUT2D eigenvalue weighted by Gasteiger charge is -2.37. The van der Waals surface area contributed by atoms with E-state index in [2.05, 4.69) is 40.7 Å². The molecule has 1 unspecified atom stereocenters. The molecule has 0 saturated carbocycles. The zero-order valence-corrected chi connectivity index (χ0v) is 13.0. The van der Waals surface area contributed by atoms with Crippen LogP contribution in [0.25, 0.3) is 0 Å². The molecule has 2 heteroatoms. The van der Waals surface area contributed by atoms with Crippen LogP contribution >= 0.6 is 0 Å². The summed E-state index contributed by atoms with van der Waals surface area (Å²) in [6, 6.07) is 7.77. The predicted molar refractivity (Wildman–Crippen MR) is 82.0 cm³/mol. The highest BCUT2D eigenvalue weighted by molar-refractivity contribution is 5.30. The van der Waals surface area contributed by atoms with Crippen LogP contribution in [0.1, 0.15) is 57.7 Å². The Morgan fingerprint density at radius 1 is 1.05 bits per heavy atom. The monoisotopic (exact) mass is 263 g/mol. The maximum atomic E-state index is 11.1. The average molecular weight is 263 g/mol. The molecule has 0 aromatic heterocycles. The molecule has 0 radical (unpaired) electrons.